The van der Waals surface area contributed by atoms with Crippen molar-refractivity contribution in [1.82, 2.24) is 0 Å². The van der Waals surface area contributed by atoms with Crippen molar-refractivity contribution in [1.29, 1.82) is 0 Å². The van der Waals surface area contributed by atoms with E-state index in [1.807, 2.05) is 20.8 Å². The first-order chi connectivity index (χ1) is 10.2. The van der Waals surface area contributed by atoms with Crippen molar-refractivity contribution in [2.75, 3.05) is 5.32 Å². The molecule has 2 rings (SSSR count). The first kappa shape index (κ1) is 16.2. The topological polar surface area (TPSA) is 69.6 Å². The molecule has 0 aliphatic heterocycles. The van der Waals surface area contributed by atoms with E-state index in [-0.39, 0.29) is 22.2 Å². The van der Waals surface area contributed by atoms with Gasteiger partial charge in [0.05, 0.1) is 5.02 Å². The van der Waals surface area contributed by atoms with Gasteiger partial charge in [-0.3, -0.25) is 4.79 Å². The van der Waals surface area contributed by atoms with Crippen LogP contribution in [0.25, 0.3) is 0 Å². The van der Waals surface area contributed by atoms with Crippen LogP contribution in [0.15, 0.2) is 36.4 Å². The Morgan fingerprint density at radius 1 is 1.09 bits per heavy atom. The summed E-state index contributed by atoms with van der Waals surface area (Å²) < 4.78 is 0. The van der Waals surface area contributed by atoms with Crippen LogP contribution in [0.5, 0.6) is 11.5 Å². The first-order valence-corrected chi connectivity index (χ1v) is 7.21. The maximum absolute atomic E-state index is 12.2. The SMILES string of the molecule is CC(C)(C)c1cc(Cl)c(O)c(NC(=O)c2ccccc2)c1O. The van der Waals surface area contributed by atoms with Crippen molar-refractivity contribution in [2.24, 2.45) is 0 Å². The van der Waals surface area contributed by atoms with Gasteiger partial charge in [0.1, 0.15) is 11.4 Å². The van der Waals surface area contributed by atoms with Crippen molar-refractivity contribution >= 4 is 23.2 Å². The Bertz CT molecular complexity index is 706. The molecular weight excluding hydrogens is 302 g/mol. The lowest BCUT2D eigenvalue weighted by Gasteiger charge is -2.23. The van der Waals surface area contributed by atoms with Gasteiger partial charge in [0, 0.05) is 11.1 Å². The highest BCUT2D eigenvalue weighted by Crippen LogP contribution is 2.45. The zero-order chi connectivity index (χ0) is 16.5. The van der Waals surface area contributed by atoms with Gasteiger partial charge >= 0.3 is 0 Å². The fourth-order valence-electron chi connectivity index (χ4n) is 2.10. The Hall–Kier alpha value is -2.20. The van der Waals surface area contributed by atoms with Gasteiger partial charge in [0.2, 0.25) is 0 Å². The van der Waals surface area contributed by atoms with Gasteiger partial charge in [-0.2, -0.15) is 0 Å². The molecule has 0 aliphatic carbocycles. The number of amides is 1. The molecule has 0 aliphatic rings. The third-order valence-corrected chi connectivity index (χ3v) is 3.60. The lowest BCUT2D eigenvalue weighted by molar-refractivity contribution is 0.102. The number of aromatic hydroxyl groups is 2. The Morgan fingerprint density at radius 3 is 2.23 bits per heavy atom. The molecule has 0 radical (unpaired) electrons. The Kier molecular flexibility index (Phi) is 4.33. The highest BCUT2D eigenvalue weighted by Gasteiger charge is 2.25. The quantitative estimate of drug-likeness (QED) is 0.723. The molecule has 0 heterocycles. The van der Waals surface area contributed by atoms with E-state index in [2.05, 4.69) is 5.32 Å². The molecule has 4 nitrogen and oxygen atoms in total. The van der Waals surface area contributed by atoms with E-state index < -0.39 is 11.3 Å². The van der Waals surface area contributed by atoms with E-state index in [9.17, 15) is 15.0 Å². The summed E-state index contributed by atoms with van der Waals surface area (Å²) in [6.07, 6.45) is 0. The van der Waals surface area contributed by atoms with Gasteiger partial charge in [-0.05, 0) is 23.6 Å². The maximum atomic E-state index is 12.2. The van der Waals surface area contributed by atoms with Gasteiger partial charge in [-0.1, -0.05) is 50.6 Å². The summed E-state index contributed by atoms with van der Waals surface area (Å²) in [5, 5.41) is 23.0. The summed E-state index contributed by atoms with van der Waals surface area (Å²) in [5.74, 6) is -0.969. The monoisotopic (exact) mass is 319 g/mol. The van der Waals surface area contributed by atoms with Crippen molar-refractivity contribution in [2.45, 2.75) is 26.2 Å². The van der Waals surface area contributed by atoms with Crippen molar-refractivity contribution in [3.63, 3.8) is 0 Å². The fourth-order valence-corrected chi connectivity index (χ4v) is 2.30. The summed E-state index contributed by atoms with van der Waals surface area (Å²) >= 11 is 6.01. The molecule has 1 amide bonds. The van der Waals surface area contributed by atoms with Crippen LogP contribution in [0.1, 0.15) is 36.7 Å². The van der Waals surface area contributed by atoms with Gasteiger partial charge in [-0.15, -0.1) is 0 Å². The lowest BCUT2D eigenvalue weighted by Crippen LogP contribution is -2.15. The second-order valence-corrected chi connectivity index (χ2v) is 6.46. The summed E-state index contributed by atoms with van der Waals surface area (Å²) in [7, 11) is 0. The Balaban J connectivity index is 2.47. The molecule has 0 saturated heterocycles. The van der Waals surface area contributed by atoms with Gasteiger partial charge < -0.3 is 15.5 Å². The summed E-state index contributed by atoms with van der Waals surface area (Å²) in [4.78, 5) is 12.2. The molecule has 5 heteroatoms. The van der Waals surface area contributed by atoms with Crippen LogP contribution >= 0.6 is 11.6 Å². The number of halogens is 1. The zero-order valence-corrected chi connectivity index (χ0v) is 13.4. The second kappa shape index (κ2) is 5.89. The summed E-state index contributed by atoms with van der Waals surface area (Å²) in [5.41, 5.74) is 0.483. The number of rotatable bonds is 2. The van der Waals surface area contributed by atoms with Crippen molar-refractivity contribution in [3.05, 3.63) is 52.5 Å². The van der Waals surface area contributed by atoms with Crippen LogP contribution < -0.4 is 5.32 Å². The minimum absolute atomic E-state index is 0.0751. The largest absolute Gasteiger partial charge is 0.505 e. The van der Waals surface area contributed by atoms with Crippen molar-refractivity contribution < 1.29 is 15.0 Å². The van der Waals surface area contributed by atoms with Gasteiger partial charge in [-0.25, -0.2) is 0 Å². The number of benzene rings is 2. The van der Waals surface area contributed by atoms with Crippen LogP contribution in [0, 0.1) is 0 Å². The number of phenolic OH excluding ortho intramolecular Hbond substituents is 2. The molecule has 3 N–H and O–H groups in total. The minimum Gasteiger partial charge on any atom is -0.505 e. The van der Waals surface area contributed by atoms with E-state index in [4.69, 9.17) is 11.6 Å². The van der Waals surface area contributed by atoms with E-state index in [0.717, 1.165) is 0 Å². The summed E-state index contributed by atoms with van der Waals surface area (Å²) in [6, 6.07) is 10.0. The Labute approximate surface area is 134 Å². The standard InChI is InChI=1S/C17H18ClNO3/c1-17(2,3)11-9-12(18)15(21)13(14(11)20)19-16(22)10-7-5-4-6-8-10/h4-9,20-21H,1-3H3,(H,19,22). The van der Waals surface area contributed by atoms with Crippen LogP contribution in [0.4, 0.5) is 5.69 Å². The molecule has 0 unspecified atom stereocenters. The van der Waals surface area contributed by atoms with E-state index >= 15 is 0 Å². The van der Waals surface area contributed by atoms with Crippen LogP contribution in [-0.2, 0) is 5.41 Å². The van der Waals surface area contributed by atoms with Crippen LogP contribution in [0.3, 0.4) is 0 Å². The van der Waals surface area contributed by atoms with Crippen LogP contribution in [-0.4, -0.2) is 16.1 Å². The highest BCUT2D eigenvalue weighted by atomic mass is 35.5. The molecule has 116 valence electrons. The first-order valence-electron chi connectivity index (χ1n) is 6.83. The molecule has 0 spiro atoms. The molecule has 0 atom stereocenters. The number of phenols is 2. The maximum Gasteiger partial charge on any atom is 0.255 e. The number of carbonyl (C=O) groups is 1. The normalized spacial score (nSPS) is 11.3. The molecule has 2 aromatic rings. The average Bonchev–Trinajstić information content (AvgIpc) is 2.47. The van der Waals surface area contributed by atoms with Crippen molar-refractivity contribution in [3.8, 4) is 11.5 Å². The van der Waals surface area contributed by atoms with Gasteiger partial charge in [0.15, 0.2) is 5.75 Å². The third-order valence-electron chi connectivity index (χ3n) is 3.31. The number of anilines is 1. The molecule has 22 heavy (non-hydrogen) atoms. The van der Waals surface area contributed by atoms with Crippen LogP contribution in [0.2, 0.25) is 5.02 Å². The number of hydrogen-bond donors (Lipinski definition) is 3. The summed E-state index contributed by atoms with van der Waals surface area (Å²) in [6.45, 7) is 5.70. The number of hydrogen-bond acceptors (Lipinski definition) is 3. The second-order valence-electron chi connectivity index (χ2n) is 6.05. The predicted molar refractivity (Wildman–Crippen MR) is 87.9 cm³/mol. The predicted octanol–water partition coefficient (Wildman–Crippen LogP) is 4.30. The smallest absolute Gasteiger partial charge is 0.255 e. The van der Waals surface area contributed by atoms with Gasteiger partial charge in [0.25, 0.3) is 5.91 Å². The molecular formula is C17H18ClNO3. The molecule has 0 fully saturated rings. The van der Waals surface area contributed by atoms with E-state index in [0.29, 0.717) is 11.1 Å². The zero-order valence-electron chi connectivity index (χ0n) is 12.6. The molecule has 0 bridgehead atoms. The molecule has 0 aromatic heterocycles. The lowest BCUT2D eigenvalue weighted by atomic mass is 9.85. The molecule has 2 aromatic carbocycles. The number of nitrogens with one attached hydrogen (secondary N) is 1. The molecule has 0 saturated carbocycles. The third kappa shape index (κ3) is 3.17. The number of carbonyl (C=O) groups excluding carboxylic acids is 1. The fraction of sp³-hybridized carbons (Fsp3) is 0.235. The highest BCUT2D eigenvalue weighted by molar-refractivity contribution is 6.33. The Morgan fingerprint density at radius 2 is 1.68 bits per heavy atom. The van der Waals surface area contributed by atoms with E-state index in [1.54, 1.807) is 30.3 Å². The minimum atomic E-state index is -0.437. The average molecular weight is 320 g/mol. The van der Waals surface area contributed by atoms with E-state index in [1.165, 1.54) is 6.07 Å².